The first-order valence-corrected chi connectivity index (χ1v) is 5.41. The summed E-state index contributed by atoms with van der Waals surface area (Å²) >= 11 is 0. The molecule has 1 atom stereocenters. The molecule has 0 radical (unpaired) electrons. The Hall–Kier alpha value is -0.560. The normalized spacial score (nSPS) is 35.2. The summed E-state index contributed by atoms with van der Waals surface area (Å²) in [7, 11) is 0. The molecular weight excluding hydrogens is 158 g/mol. The van der Waals surface area contributed by atoms with Crippen molar-refractivity contribution in [3.05, 3.63) is 24.3 Å². The average Bonchev–Trinajstić information content (AvgIpc) is 2.20. The summed E-state index contributed by atoms with van der Waals surface area (Å²) in [6, 6.07) is 0. The summed E-state index contributed by atoms with van der Waals surface area (Å²) in [6.07, 6.45) is 14.4. The standard InChI is InChI=1S/C12H19N/c1-12(8-4-2-5-9-12)13-10-6-3-7-11-13/h2,4-5,8H,3,6-7,9-11H2,1H3. The smallest absolute Gasteiger partial charge is 0.0400 e. The van der Waals surface area contributed by atoms with Crippen LogP contribution >= 0.6 is 0 Å². The van der Waals surface area contributed by atoms with Crippen LogP contribution in [0, 0.1) is 0 Å². The van der Waals surface area contributed by atoms with E-state index in [9.17, 15) is 0 Å². The zero-order valence-electron chi connectivity index (χ0n) is 8.50. The molecule has 0 saturated carbocycles. The van der Waals surface area contributed by atoms with E-state index in [0.29, 0.717) is 5.54 Å². The third-order valence-corrected chi connectivity index (χ3v) is 3.31. The predicted octanol–water partition coefficient (Wildman–Crippen LogP) is 2.75. The fourth-order valence-electron chi connectivity index (χ4n) is 2.36. The maximum absolute atomic E-state index is 2.64. The van der Waals surface area contributed by atoms with E-state index >= 15 is 0 Å². The van der Waals surface area contributed by atoms with Gasteiger partial charge >= 0.3 is 0 Å². The highest BCUT2D eigenvalue weighted by Crippen LogP contribution is 2.27. The molecule has 0 aromatic heterocycles. The van der Waals surface area contributed by atoms with Crippen LogP contribution < -0.4 is 0 Å². The Morgan fingerprint density at radius 3 is 2.46 bits per heavy atom. The van der Waals surface area contributed by atoms with Gasteiger partial charge in [0.15, 0.2) is 0 Å². The molecule has 1 unspecified atom stereocenters. The van der Waals surface area contributed by atoms with Crippen molar-refractivity contribution in [2.75, 3.05) is 13.1 Å². The summed E-state index contributed by atoms with van der Waals surface area (Å²) in [4.78, 5) is 2.64. The monoisotopic (exact) mass is 177 g/mol. The Kier molecular flexibility index (Phi) is 2.54. The van der Waals surface area contributed by atoms with Crippen molar-refractivity contribution in [2.24, 2.45) is 0 Å². The lowest BCUT2D eigenvalue weighted by Gasteiger charge is -2.42. The van der Waals surface area contributed by atoms with Crippen molar-refractivity contribution in [3.8, 4) is 0 Å². The number of rotatable bonds is 1. The molecule has 1 aliphatic carbocycles. The minimum absolute atomic E-state index is 0.315. The van der Waals surface area contributed by atoms with Crippen molar-refractivity contribution >= 4 is 0 Å². The van der Waals surface area contributed by atoms with Crippen LogP contribution in [0.15, 0.2) is 24.3 Å². The zero-order chi connectivity index (χ0) is 9.15. The van der Waals surface area contributed by atoms with Crippen LogP contribution in [0.1, 0.15) is 32.6 Å². The average molecular weight is 177 g/mol. The second-order valence-corrected chi connectivity index (χ2v) is 4.40. The van der Waals surface area contributed by atoms with E-state index in [4.69, 9.17) is 0 Å². The van der Waals surface area contributed by atoms with Crippen LogP contribution in [0.3, 0.4) is 0 Å². The highest BCUT2D eigenvalue weighted by Gasteiger charge is 2.29. The molecule has 1 fully saturated rings. The van der Waals surface area contributed by atoms with E-state index in [1.165, 1.54) is 38.8 Å². The highest BCUT2D eigenvalue weighted by atomic mass is 15.2. The Labute approximate surface area is 81.1 Å². The third kappa shape index (κ3) is 1.86. The van der Waals surface area contributed by atoms with Crippen molar-refractivity contribution in [3.63, 3.8) is 0 Å². The van der Waals surface area contributed by atoms with E-state index in [-0.39, 0.29) is 0 Å². The molecule has 0 bridgehead atoms. The molecule has 13 heavy (non-hydrogen) atoms. The molecule has 72 valence electrons. The topological polar surface area (TPSA) is 3.24 Å². The van der Waals surface area contributed by atoms with Crippen LogP contribution in [-0.4, -0.2) is 23.5 Å². The van der Waals surface area contributed by atoms with Crippen LogP contribution in [0.5, 0.6) is 0 Å². The van der Waals surface area contributed by atoms with E-state index in [0.717, 1.165) is 0 Å². The van der Waals surface area contributed by atoms with Crippen molar-refractivity contribution in [2.45, 2.75) is 38.1 Å². The number of hydrogen-bond acceptors (Lipinski definition) is 1. The minimum Gasteiger partial charge on any atom is -0.294 e. The lowest BCUT2D eigenvalue weighted by Crippen LogP contribution is -2.47. The molecule has 1 heterocycles. The molecule has 0 N–H and O–H groups in total. The number of hydrogen-bond donors (Lipinski definition) is 0. The number of allylic oxidation sites excluding steroid dienone is 2. The van der Waals surface area contributed by atoms with Gasteiger partial charge in [-0.2, -0.15) is 0 Å². The van der Waals surface area contributed by atoms with Gasteiger partial charge in [0.1, 0.15) is 0 Å². The first-order valence-electron chi connectivity index (χ1n) is 5.41. The lowest BCUT2D eigenvalue weighted by molar-refractivity contribution is 0.119. The van der Waals surface area contributed by atoms with Gasteiger partial charge in [-0.25, -0.2) is 0 Å². The second kappa shape index (κ2) is 3.67. The van der Waals surface area contributed by atoms with Gasteiger partial charge < -0.3 is 0 Å². The molecule has 1 heteroatoms. The Balaban J connectivity index is 2.04. The van der Waals surface area contributed by atoms with Gasteiger partial charge in [-0.15, -0.1) is 0 Å². The zero-order valence-corrected chi connectivity index (χ0v) is 8.50. The molecule has 1 saturated heterocycles. The summed E-state index contributed by atoms with van der Waals surface area (Å²) in [5.41, 5.74) is 0.315. The van der Waals surface area contributed by atoms with Crippen LogP contribution in [0.25, 0.3) is 0 Å². The molecule has 0 amide bonds. The molecule has 2 rings (SSSR count). The summed E-state index contributed by atoms with van der Waals surface area (Å²) < 4.78 is 0. The van der Waals surface area contributed by atoms with Crippen LogP contribution in [0.2, 0.25) is 0 Å². The minimum atomic E-state index is 0.315. The van der Waals surface area contributed by atoms with Gasteiger partial charge in [0.2, 0.25) is 0 Å². The highest BCUT2D eigenvalue weighted by molar-refractivity contribution is 5.20. The maximum Gasteiger partial charge on any atom is 0.0400 e. The van der Waals surface area contributed by atoms with Gasteiger partial charge in [0.25, 0.3) is 0 Å². The first-order chi connectivity index (χ1) is 6.31. The fraction of sp³-hybridized carbons (Fsp3) is 0.667. The van der Waals surface area contributed by atoms with Gasteiger partial charge in [-0.3, -0.25) is 4.90 Å². The van der Waals surface area contributed by atoms with Crippen LogP contribution in [-0.2, 0) is 0 Å². The van der Waals surface area contributed by atoms with Gasteiger partial charge in [0.05, 0.1) is 0 Å². The fourth-order valence-corrected chi connectivity index (χ4v) is 2.36. The SMILES string of the molecule is CC1(N2CCCCC2)C=CC=CC1. The number of nitrogens with zero attached hydrogens (tertiary/aromatic N) is 1. The molecule has 1 aliphatic heterocycles. The van der Waals surface area contributed by atoms with Gasteiger partial charge in [-0.05, 0) is 39.3 Å². The van der Waals surface area contributed by atoms with Crippen molar-refractivity contribution in [1.29, 1.82) is 0 Å². The number of piperidine rings is 1. The van der Waals surface area contributed by atoms with Gasteiger partial charge in [0, 0.05) is 5.54 Å². The molecule has 1 nitrogen and oxygen atoms in total. The molecular formula is C12H19N. The lowest BCUT2D eigenvalue weighted by atomic mass is 9.89. The second-order valence-electron chi connectivity index (χ2n) is 4.40. The number of likely N-dealkylation sites (tertiary alicyclic amines) is 1. The molecule has 0 aromatic carbocycles. The summed E-state index contributed by atoms with van der Waals surface area (Å²) in [6.45, 7) is 4.93. The molecule has 0 aromatic rings. The van der Waals surface area contributed by atoms with Crippen molar-refractivity contribution in [1.82, 2.24) is 4.90 Å². The van der Waals surface area contributed by atoms with E-state index in [1.54, 1.807) is 0 Å². The Morgan fingerprint density at radius 2 is 1.85 bits per heavy atom. The quantitative estimate of drug-likeness (QED) is 0.595. The van der Waals surface area contributed by atoms with E-state index in [2.05, 4.69) is 36.1 Å². The largest absolute Gasteiger partial charge is 0.294 e. The van der Waals surface area contributed by atoms with Crippen LogP contribution in [0.4, 0.5) is 0 Å². The maximum atomic E-state index is 2.64. The van der Waals surface area contributed by atoms with E-state index in [1.807, 2.05) is 0 Å². The predicted molar refractivity (Wildman–Crippen MR) is 56.7 cm³/mol. The summed E-state index contributed by atoms with van der Waals surface area (Å²) in [5, 5.41) is 0. The Morgan fingerprint density at radius 1 is 1.08 bits per heavy atom. The Bertz CT molecular complexity index is 223. The third-order valence-electron chi connectivity index (χ3n) is 3.31. The first kappa shape index (κ1) is 9.01. The van der Waals surface area contributed by atoms with Crippen molar-refractivity contribution < 1.29 is 0 Å². The molecule has 0 spiro atoms. The van der Waals surface area contributed by atoms with Gasteiger partial charge in [-0.1, -0.05) is 30.7 Å². The summed E-state index contributed by atoms with van der Waals surface area (Å²) in [5.74, 6) is 0. The molecule has 2 aliphatic rings. The van der Waals surface area contributed by atoms with E-state index < -0.39 is 0 Å².